The molecule has 0 bridgehead atoms. The van der Waals surface area contributed by atoms with Crippen molar-refractivity contribution >= 4 is 11.4 Å². The number of fused-ring (bicyclic) bond motifs is 1. The van der Waals surface area contributed by atoms with E-state index in [1.54, 1.807) is 0 Å². The zero-order chi connectivity index (χ0) is 14.1. The van der Waals surface area contributed by atoms with Gasteiger partial charge in [0.05, 0.1) is 6.04 Å². The van der Waals surface area contributed by atoms with Crippen molar-refractivity contribution in [1.29, 1.82) is 0 Å². The largest absolute Gasteiger partial charge is 0.399 e. The molecule has 2 nitrogen and oxygen atoms in total. The van der Waals surface area contributed by atoms with Gasteiger partial charge in [-0.25, -0.2) is 0 Å². The van der Waals surface area contributed by atoms with Gasteiger partial charge in [0.1, 0.15) is 0 Å². The number of rotatable bonds is 2. The second-order valence-electron chi connectivity index (χ2n) is 5.93. The van der Waals surface area contributed by atoms with Crippen molar-refractivity contribution < 1.29 is 0 Å². The van der Waals surface area contributed by atoms with Crippen LogP contribution in [-0.4, -0.2) is 6.54 Å². The molecule has 1 heterocycles. The number of anilines is 2. The first-order chi connectivity index (χ1) is 9.65. The van der Waals surface area contributed by atoms with Crippen molar-refractivity contribution in [2.75, 3.05) is 17.2 Å². The minimum atomic E-state index is 0.375. The van der Waals surface area contributed by atoms with Gasteiger partial charge in [0.25, 0.3) is 0 Å². The van der Waals surface area contributed by atoms with E-state index in [1.165, 1.54) is 23.2 Å². The summed E-state index contributed by atoms with van der Waals surface area (Å²) >= 11 is 0. The van der Waals surface area contributed by atoms with Crippen LogP contribution in [0.1, 0.15) is 31.0 Å². The topological polar surface area (TPSA) is 29.3 Å². The maximum absolute atomic E-state index is 5.79. The number of benzene rings is 2. The van der Waals surface area contributed by atoms with Crippen LogP contribution in [0.5, 0.6) is 0 Å². The molecule has 1 aliphatic heterocycles. The predicted octanol–water partition coefficient (Wildman–Crippen LogP) is 4.03. The van der Waals surface area contributed by atoms with Gasteiger partial charge in [-0.2, -0.15) is 0 Å². The molecule has 2 unspecified atom stereocenters. The van der Waals surface area contributed by atoms with E-state index in [1.807, 2.05) is 12.1 Å². The Morgan fingerprint density at radius 1 is 1.10 bits per heavy atom. The van der Waals surface area contributed by atoms with Crippen molar-refractivity contribution in [2.24, 2.45) is 5.92 Å². The van der Waals surface area contributed by atoms with Crippen LogP contribution in [0, 0.1) is 5.92 Å². The Bertz CT molecular complexity index is 589. The van der Waals surface area contributed by atoms with Gasteiger partial charge in [-0.3, -0.25) is 0 Å². The molecule has 0 amide bonds. The highest BCUT2D eigenvalue weighted by molar-refractivity contribution is 5.57. The molecule has 2 heteroatoms. The first-order valence-electron chi connectivity index (χ1n) is 7.35. The van der Waals surface area contributed by atoms with Crippen LogP contribution in [0.2, 0.25) is 0 Å². The van der Waals surface area contributed by atoms with Crippen molar-refractivity contribution in [3.05, 3.63) is 59.7 Å². The monoisotopic (exact) mass is 266 g/mol. The smallest absolute Gasteiger partial charge is 0.0514 e. The van der Waals surface area contributed by atoms with Crippen LogP contribution in [-0.2, 0) is 6.42 Å². The quantitative estimate of drug-likeness (QED) is 0.832. The van der Waals surface area contributed by atoms with Crippen molar-refractivity contribution in [2.45, 2.75) is 26.3 Å². The molecule has 0 spiro atoms. The zero-order valence-corrected chi connectivity index (χ0v) is 12.2. The highest BCUT2D eigenvalue weighted by Gasteiger charge is 2.25. The Morgan fingerprint density at radius 3 is 2.55 bits per heavy atom. The lowest BCUT2D eigenvalue weighted by atomic mass is 9.91. The van der Waals surface area contributed by atoms with E-state index >= 15 is 0 Å². The zero-order valence-electron chi connectivity index (χ0n) is 12.2. The van der Waals surface area contributed by atoms with E-state index in [2.05, 4.69) is 55.1 Å². The third-order valence-electron chi connectivity index (χ3n) is 4.26. The molecule has 0 aliphatic carbocycles. The van der Waals surface area contributed by atoms with Crippen LogP contribution in [0.4, 0.5) is 11.4 Å². The van der Waals surface area contributed by atoms with E-state index in [0.717, 1.165) is 12.2 Å². The summed E-state index contributed by atoms with van der Waals surface area (Å²) in [6.07, 6.45) is 1.18. The molecule has 2 aromatic rings. The molecule has 3 rings (SSSR count). The van der Waals surface area contributed by atoms with Gasteiger partial charge in [-0.15, -0.1) is 0 Å². The average molecular weight is 266 g/mol. The molecule has 2 N–H and O–H groups in total. The Hall–Kier alpha value is -1.96. The molecule has 2 aromatic carbocycles. The third-order valence-corrected chi connectivity index (χ3v) is 4.26. The number of hydrogen-bond acceptors (Lipinski definition) is 2. The second-order valence-corrected chi connectivity index (χ2v) is 5.93. The van der Waals surface area contributed by atoms with Crippen LogP contribution >= 0.6 is 0 Å². The second kappa shape index (κ2) is 5.20. The molecule has 104 valence electrons. The van der Waals surface area contributed by atoms with Gasteiger partial charge >= 0.3 is 0 Å². The highest BCUT2D eigenvalue weighted by Crippen LogP contribution is 2.35. The summed E-state index contributed by atoms with van der Waals surface area (Å²) < 4.78 is 0. The van der Waals surface area contributed by atoms with Crippen LogP contribution in [0.3, 0.4) is 0 Å². The van der Waals surface area contributed by atoms with Crippen LogP contribution < -0.4 is 10.6 Å². The summed E-state index contributed by atoms with van der Waals surface area (Å²) in [5, 5.41) is 0. The molecule has 1 aliphatic rings. The summed E-state index contributed by atoms with van der Waals surface area (Å²) in [6, 6.07) is 17.4. The molecule has 0 saturated carbocycles. The lowest BCUT2D eigenvalue weighted by Gasteiger charge is -2.39. The van der Waals surface area contributed by atoms with E-state index in [0.29, 0.717) is 12.0 Å². The van der Waals surface area contributed by atoms with E-state index in [4.69, 9.17) is 5.73 Å². The summed E-state index contributed by atoms with van der Waals surface area (Å²) in [5.41, 5.74) is 10.8. The first kappa shape index (κ1) is 13.0. The maximum atomic E-state index is 5.79. The summed E-state index contributed by atoms with van der Waals surface area (Å²) in [7, 11) is 0. The number of para-hydroxylation sites is 1. The summed E-state index contributed by atoms with van der Waals surface area (Å²) in [4.78, 5) is 2.52. The number of nitrogens with zero attached hydrogens (tertiary/aromatic N) is 1. The summed E-state index contributed by atoms with van der Waals surface area (Å²) in [6.45, 7) is 5.72. The normalized spacial score (nSPS) is 19.5. The number of nitrogens with two attached hydrogens (primary N) is 1. The van der Waals surface area contributed by atoms with Crippen molar-refractivity contribution in [3.63, 3.8) is 0 Å². The molecule has 0 fully saturated rings. The van der Waals surface area contributed by atoms with Gasteiger partial charge < -0.3 is 10.6 Å². The Labute approximate surface area is 121 Å². The molecule has 0 aromatic heterocycles. The Morgan fingerprint density at radius 2 is 1.80 bits per heavy atom. The van der Waals surface area contributed by atoms with Gasteiger partial charge in [-0.05, 0) is 48.6 Å². The minimum Gasteiger partial charge on any atom is -0.399 e. The average Bonchev–Trinajstić information content (AvgIpc) is 2.46. The molecule has 0 radical (unpaired) electrons. The van der Waals surface area contributed by atoms with E-state index < -0.39 is 0 Å². The predicted molar refractivity (Wildman–Crippen MR) is 85.9 cm³/mol. The first-order valence-corrected chi connectivity index (χ1v) is 7.35. The van der Waals surface area contributed by atoms with Gasteiger partial charge in [0.15, 0.2) is 0 Å². The molecule has 20 heavy (non-hydrogen) atoms. The standard InChI is InChI=1S/C18H22N2/c1-13-11-16-5-3-4-6-18(16)20(12-13)14(2)15-7-9-17(19)10-8-15/h3-10,13-14H,11-12,19H2,1-2H3. The third kappa shape index (κ3) is 2.38. The highest BCUT2D eigenvalue weighted by atomic mass is 15.2. The lowest BCUT2D eigenvalue weighted by Crippen LogP contribution is -2.36. The SMILES string of the molecule is CC1Cc2ccccc2N(C(C)c2ccc(N)cc2)C1. The Balaban J connectivity index is 1.95. The minimum absolute atomic E-state index is 0.375. The molecular weight excluding hydrogens is 244 g/mol. The van der Waals surface area contributed by atoms with Gasteiger partial charge in [-0.1, -0.05) is 37.3 Å². The van der Waals surface area contributed by atoms with Crippen LogP contribution in [0.15, 0.2) is 48.5 Å². The molecule has 2 atom stereocenters. The van der Waals surface area contributed by atoms with Gasteiger partial charge in [0.2, 0.25) is 0 Å². The fourth-order valence-electron chi connectivity index (χ4n) is 3.16. The fraction of sp³-hybridized carbons (Fsp3) is 0.333. The van der Waals surface area contributed by atoms with Gasteiger partial charge in [0, 0.05) is 17.9 Å². The van der Waals surface area contributed by atoms with Crippen molar-refractivity contribution in [1.82, 2.24) is 0 Å². The molecular formula is C18H22N2. The van der Waals surface area contributed by atoms with Crippen molar-refractivity contribution in [3.8, 4) is 0 Å². The van der Waals surface area contributed by atoms with Crippen LogP contribution in [0.25, 0.3) is 0 Å². The Kier molecular flexibility index (Phi) is 3.39. The number of nitrogen functional groups attached to an aromatic ring is 1. The van der Waals surface area contributed by atoms with E-state index in [9.17, 15) is 0 Å². The molecule has 0 saturated heterocycles. The number of hydrogen-bond donors (Lipinski definition) is 1. The fourth-order valence-corrected chi connectivity index (χ4v) is 3.16. The van der Waals surface area contributed by atoms with E-state index in [-0.39, 0.29) is 0 Å². The lowest BCUT2D eigenvalue weighted by molar-refractivity contribution is 0.500. The maximum Gasteiger partial charge on any atom is 0.0514 e. The summed E-state index contributed by atoms with van der Waals surface area (Å²) in [5.74, 6) is 0.695.